The quantitative estimate of drug-likeness (QED) is 0.836. The highest BCUT2D eigenvalue weighted by atomic mass is 16.5. The van der Waals surface area contributed by atoms with Gasteiger partial charge in [-0.25, -0.2) is 0 Å². The summed E-state index contributed by atoms with van der Waals surface area (Å²) in [6.45, 7) is 6.12. The van der Waals surface area contributed by atoms with Gasteiger partial charge in [0.25, 0.3) is 5.91 Å². The summed E-state index contributed by atoms with van der Waals surface area (Å²) in [5.74, 6) is 0.483. The minimum atomic E-state index is -0.294. The molecule has 2 N–H and O–H groups in total. The highest BCUT2D eigenvalue weighted by molar-refractivity contribution is 5.92. The van der Waals surface area contributed by atoms with Crippen LogP contribution in [0.25, 0.3) is 0 Å². The Morgan fingerprint density at radius 1 is 1.47 bits per heavy atom. The second kappa shape index (κ2) is 5.97. The van der Waals surface area contributed by atoms with Crippen molar-refractivity contribution >= 4 is 11.7 Å². The third kappa shape index (κ3) is 3.64. The lowest BCUT2D eigenvalue weighted by atomic mass is 10.0. The number of hydrogen-bond donors (Lipinski definition) is 2. The van der Waals surface area contributed by atoms with Gasteiger partial charge in [0.05, 0.1) is 12.1 Å². The molecule has 0 radical (unpaired) electrons. The van der Waals surface area contributed by atoms with Crippen LogP contribution in [0.3, 0.4) is 0 Å². The predicted molar refractivity (Wildman–Crippen MR) is 72.1 cm³/mol. The standard InChI is InChI=1S/C13H20N4O2/c1-3-7-14-11-5-4-10(16-17-11)12(18)15-13(2)6-8-19-9-13/h4-5H,3,6-9H2,1-2H3,(H,14,17)(H,15,18). The number of ether oxygens (including phenoxy) is 1. The molecule has 6 nitrogen and oxygen atoms in total. The molecule has 1 saturated heterocycles. The van der Waals surface area contributed by atoms with Crippen LogP contribution < -0.4 is 10.6 Å². The average Bonchev–Trinajstić information content (AvgIpc) is 2.83. The van der Waals surface area contributed by atoms with Gasteiger partial charge in [0.2, 0.25) is 0 Å². The van der Waals surface area contributed by atoms with E-state index in [1.54, 1.807) is 12.1 Å². The number of carbonyl (C=O) groups excluding carboxylic acids is 1. The van der Waals surface area contributed by atoms with Crippen molar-refractivity contribution in [3.05, 3.63) is 17.8 Å². The zero-order chi connectivity index (χ0) is 13.7. The molecular weight excluding hydrogens is 244 g/mol. The molecule has 2 heterocycles. The van der Waals surface area contributed by atoms with E-state index in [2.05, 4.69) is 27.8 Å². The van der Waals surface area contributed by atoms with Crippen molar-refractivity contribution in [2.75, 3.05) is 25.1 Å². The van der Waals surface area contributed by atoms with E-state index in [1.807, 2.05) is 6.92 Å². The summed E-state index contributed by atoms with van der Waals surface area (Å²) >= 11 is 0. The molecule has 1 aromatic heterocycles. The molecule has 1 atom stereocenters. The maximum atomic E-state index is 12.0. The molecule has 0 aliphatic carbocycles. The topological polar surface area (TPSA) is 76.1 Å². The zero-order valence-electron chi connectivity index (χ0n) is 11.4. The first-order valence-corrected chi connectivity index (χ1v) is 6.61. The summed E-state index contributed by atoms with van der Waals surface area (Å²) < 4.78 is 5.30. The smallest absolute Gasteiger partial charge is 0.272 e. The number of carbonyl (C=O) groups is 1. The first-order chi connectivity index (χ1) is 9.13. The summed E-state index contributed by atoms with van der Waals surface area (Å²) in [5, 5.41) is 14.0. The van der Waals surface area contributed by atoms with Crippen molar-refractivity contribution in [2.45, 2.75) is 32.2 Å². The van der Waals surface area contributed by atoms with Crippen LogP contribution in [0.5, 0.6) is 0 Å². The zero-order valence-corrected chi connectivity index (χ0v) is 11.4. The highest BCUT2D eigenvalue weighted by Gasteiger charge is 2.31. The molecule has 19 heavy (non-hydrogen) atoms. The van der Waals surface area contributed by atoms with Crippen molar-refractivity contribution in [3.63, 3.8) is 0 Å². The monoisotopic (exact) mass is 264 g/mol. The number of rotatable bonds is 5. The molecule has 1 unspecified atom stereocenters. The lowest BCUT2D eigenvalue weighted by Gasteiger charge is -2.22. The molecule has 0 aromatic carbocycles. The Hall–Kier alpha value is -1.69. The van der Waals surface area contributed by atoms with Crippen LogP contribution in [0.2, 0.25) is 0 Å². The van der Waals surface area contributed by atoms with Crippen molar-refractivity contribution < 1.29 is 9.53 Å². The SMILES string of the molecule is CCCNc1ccc(C(=O)NC2(C)CCOC2)nn1. The molecule has 1 amide bonds. The van der Waals surface area contributed by atoms with Crippen molar-refractivity contribution in [1.82, 2.24) is 15.5 Å². The van der Waals surface area contributed by atoms with Gasteiger partial charge in [-0.2, -0.15) is 0 Å². The number of aromatic nitrogens is 2. The Kier molecular flexibility index (Phi) is 4.31. The Balaban J connectivity index is 1.95. The number of anilines is 1. The molecule has 1 fully saturated rings. The van der Waals surface area contributed by atoms with Gasteiger partial charge in [0.1, 0.15) is 5.82 Å². The van der Waals surface area contributed by atoms with Crippen molar-refractivity contribution in [2.24, 2.45) is 0 Å². The number of amides is 1. The fraction of sp³-hybridized carbons (Fsp3) is 0.615. The fourth-order valence-corrected chi connectivity index (χ4v) is 1.90. The summed E-state index contributed by atoms with van der Waals surface area (Å²) in [7, 11) is 0. The van der Waals surface area contributed by atoms with E-state index >= 15 is 0 Å². The van der Waals surface area contributed by atoms with Gasteiger partial charge in [-0.15, -0.1) is 10.2 Å². The highest BCUT2D eigenvalue weighted by Crippen LogP contribution is 2.17. The molecule has 2 rings (SSSR count). The van der Waals surface area contributed by atoms with Gasteiger partial charge < -0.3 is 15.4 Å². The molecule has 6 heteroatoms. The summed E-state index contributed by atoms with van der Waals surface area (Å²) in [5.41, 5.74) is 0.0351. The average molecular weight is 264 g/mol. The van der Waals surface area contributed by atoms with E-state index in [-0.39, 0.29) is 11.4 Å². The third-order valence-electron chi connectivity index (χ3n) is 3.09. The van der Waals surface area contributed by atoms with Gasteiger partial charge in [0.15, 0.2) is 5.69 Å². The predicted octanol–water partition coefficient (Wildman–Crippen LogP) is 1.21. The Labute approximate surface area is 112 Å². The number of nitrogens with zero attached hydrogens (tertiary/aromatic N) is 2. The Morgan fingerprint density at radius 2 is 2.32 bits per heavy atom. The molecular formula is C13H20N4O2. The maximum Gasteiger partial charge on any atom is 0.272 e. The molecule has 0 spiro atoms. The van der Waals surface area contributed by atoms with Crippen molar-refractivity contribution in [3.8, 4) is 0 Å². The van der Waals surface area contributed by atoms with Crippen LogP contribution in [0.4, 0.5) is 5.82 Å². The minimum absolute atomic E-state index is 0.206. The van der Waals surface area contributed by atoms with Gasteiger partial charge in [-0.05, 0) is 31.9 Å². The van der Waals surface area contributed by atoms with E-state index in [0.29, 0.717) is 24.7 Å². The van der Waals surface area contributed by atoms with E-state index in [1.165, 1.54) is 0 Å². The number of hydrogen-bond acceptors (Lipinski definition) is 5. The second-order valence-corrected chi connectivity index (χ2v) is 5.05. The Bertz CT molecular complexity index is 427. The van der Waals surface area contributed by atoms with Crippen LogP contribution in [-0.2, 0) is 4.74 Å². The van der Waals surface area contributed by atoms with Crippen LogP contribution >= 0.6 is 0 Å². The molecule has 1 aromatic rings. The third-order valence-corrected chi connectivity index (χ3v) is 3.09. The van der Waals surface area contributed by atoms with Gasteiger partial charge in [-0.3, -0.25) is 4.79 Å². The second-order valence-electron chi connectivity index (χ2n) is 5.05. The van der Waals surface area contributed by atoms with Crippen LogP contribution in [-0.4, -0.2) is 41.4 Å². The van der Waals surface area contributed by atoms with E-state index in [0.717, 1.165) is 19.4 Å². The summed E-state index contributed by atoms with van der Waals surface area (Å²) in [6.07, 6.45) is 1.84. The number of nitrogens with one attached hydrogen (secondary N) is 2. The van der Waals surface area contributed by atoms with E-state index in [9.17, 15) is 4.79 Å². The Morgan fingerprint density at radius 3 is 2.89 bits per heavy atom. The molecule has 0 saturated carbocycles. The summed E-state index contributed by atoms with van der Waals surface area (Å²) in [6, 6.07) is 3.45. The fourth-order valence-electron chi connectivity index (χ4n) is 1.90. The maximum absolute atomic E-state index is 12.0. The van der Waals surface area contributed by atoms with Gasteiger partial charge in [0, 0.05) is 13.2 Å². The normalized spacial score (nSPS) is 22.2. The lowest BCUT2D eigenvalue weighted by Crippen LogP contribution is -2.46. The van der Waals surface area contributed by atoms with Crippen LogP contribution in [0.1, 0.15) is 37.2 Å². The van der Waals surface area contributed by atoms with Gasteiger partial charge >= 0.3 is 0 Å². The molecule has 1 aliphatic rings. The van der Waals surface area contributed by atoms with Crippen LogP contribution in [0.15, 0.2) is 12.1 Å². The van der Waals surface area contributed by atoms with Crippen LogP contribution in [0, 0.1) is 0 Å². The minimum Gasteiger partial charge on any atom is -0.379 e. The molecule has 0 bridgehead atoms. The summed E-state index contributed by atoms with van der Waals surface area (Å²) in [4.78, 5) is 12.0. The van der Waals surface area contributed by atoms with E-state index < -0.39 is 0 Å². The van der Waals surface area contributed by atoms with Crippen molar-refractivity contribution in [1.29, 1.82) is 0 Å². The molecule has 104 valence electrons. The lowest BCUT2D eigenvalue weighted by molar-refractivity contribution is 0.0884. The first-order valence-electron chi connectivity index (χ1n) is 6.61. The first kappa shape index (κ1) is 13.7. The van der Waals surface area contributed by atoms with E-state index in [4.69, 9.17) is 4.74 Å². The van der Waals surface area contributed by atoms with Gasteiger partial charge in [-0.1, -0.05) is 6.92 Å². The molecule has 1 aliphatic heterocycles. The largest absolute Gasteiger partial charge is 0.379 e.